The van der Waals surface area contributed by atoms with Gasteiger partial charge >= 0.3 is 5.97 Å². The highest BCUT2D eigenvalue weighted by atomic mass is 16.5. The molecule has 0 aliphatic carbocycles. The van der Waals surface area contributed by atoms with Crippen LogP contribution in [0.25, 0.3) is 17.0 Å². The summed E-state index contributed by atoms with van der Waals surface area (Å²) in [5.41, 5.74) is 4.51. The number of nitrogens with zero attached hydrogens (tertiary/aromatic N) is 5. The fourth-order valence-electron chi connectivity index (χ4n) is 3.75. The van der Waals surface area contributed by atoms with Crippen LogP contribution in [0.15, 0.2) is 42.7 Å². The first-order chi connectivity index (χ1) is 15.7. The Morgan fingerprint density at radius 1 is 1.21 bits per heavy atom. The number of benzene rings is 1. The van der Waals surface area contributed by atoms with E-state index >= 15 is 0 Å². The van der Waals surface area contributed by atoms with Gasteiger partial charge in [0.2, 0.25) is 0 Å². The van der Waals surface area contributed by atoms with Crippen molar-refractivity contribution in [1.82, 2.24) is 24.1 Å². The number of imidazole rings is 1. The second-order valence-electron chi connectivity index (χ2n) is 8.73. The van der Waals surface area contributed by atoms with Crippen molar-refractivity contribution in [3.8, 4) is 11.4 Å². The third-order valence-corrected chi connectivity index (χ3v) is 5.96. The van der Waals surface area contributed by atoms with E-state index in [4.69, 9.17) is 9.72 Å². The summed E-state index contributed by atoms with van der Waals surface area (Å²) < 4.78 is 9.11. The smallest absolute Gasteiger partial charge is 0.317 e. The summed E-state index contributed by atoms with van der Waals surface area (Å²) in [6.07, 6.45) is 3.73. The highest BCUT2D eigenvalue weighted by molar-refractivity contribution is 5.82. The third kappa shape index (κ3) is 4.20. The van der Waals surface area contributed by atoms with Crippen molar-refractivity contribution in [3.63, 3.8) is 0 Å². The zero-order valence-corrected chi connectivity index (χ0v) is 20.0. The minimum Gasteiger partial charge on any atom is -0.465 e. The average Bonchev–Trinajstić information content (AvgIpc) is 3.35. The number of esters is 1. The molecule has 0 unspecified atom stereocenters. The second-order valence-corrected chi connectivity index (χ2v) is 8.73. The number of fused-ring (bicyclic) bond motifs is 1. The maximum absolute atomic E-state index is 12.6. The van der Waals surface area contributed by atoms with Crippen molar-refractivity contribution < 1.29 is 9.53 Å². The Hall–Kier alpha value is -3.68. The zero-order valence-electron chi connectivity index (χ0n) is 20.0. The quantitative estimate of drug-likeness (QED) is 0.428. The van der Waals surface area contributed by atoms with E-state index in [2.05, 4.69) is 33.6 Å². The second kappa shape index (κ2) is 8.69. The molecule has 3 heterocycles. The summed E-state index contributed by atoms with van der Waals surface area (Å²) in [6, 6.07) is 10.2. The Balaban J connectivity index is 1.70. The molecule has 0 spiro atoms. The number of anilines is 1. The highest BCUT2D eigenvalue weighted by Crippen LogP contribution is 2.28. The molecule has 0 radical (unpaired) electrons. The summed E-state index contributed by atoms with van der Waals surface area (Å²) in [7, 11) is 1.98. The van der Waals surface area contributed by atoms with Crippen molar-refractivity contribution in [3.05, 3.63) is 65.2 Å². The molecule has 1 N–H and O–H groups in total. The van der Waals surface area contributed by atoms with Crippen LogP contribution in [0.4, 0.5) is 5.82 Å². The van der Waals surface area contributed by atoms with Crippen molar-refractivity contribution >= 4 is 17.4 Å². The van der Waals surface area contributed by atoms with Gasteiger partial charge in [0.1, 0.15) is 17.1 Å². The first-order valence-corrected chi connectivity index (χ1v) is 11.1. The normalized spacial score (nSPS) is 11.7. The minimum absolute atomic E-state index is 0.301. The predicted molar refractivity (Wildman–Crippen MR) is 128 cm³/mol. The van der Waals surface area contributed by atoms with Crippen LogP contribution >= 0.6 is 0 Å². The number of aryl methyl sites for hydroxylation is 3. The lowest BCUT2D eigenvalue weighted by Gasteiger charge is -2.23. The van der Waals surface area contributed by atoms with Crippen LogP contribution in [0.1, 0.15) is 43.3 Å². The number of carbonyl (C=O) groups is 1. The Bertz CT molecular complexity index is 1320. The summed E-state index contributed by atoms with van der Waals surface area (Å²) >= 11 is 0. The molecular weight excluding hydrogens is 416 g/mol. The third-order valence-electron chi connectivity index (χ3n) is 5.96. The number of hydrogen-bond donors (Lipinski definition) is 1. The van der Waals surface area contributed by atoms with E-state index in [1.165, 1.54) is 0 Å². The Labute approximate surface area is 193 Å². The molecule has 33 heavy (non-hydrogen) atoms. The van der Waals surface area contributed by atoms with Gasteiger partial charge in [-0.05, 0) is 46.2 Å². The zero-order chi connectivity index (χ0) is 23.8. The monoisotopic (exact) mass is 446 g/mol. The standard InChI is InChI=1S/C25H30N6O2/c1-7-33-24(32)25(4,5)20-14-21(31-22(28-20)16(2)17(3)29-31)27-15-18-9-8-10-19(13-18)23-26-11-12-30(23)6/h8-14,27H,7,15H2,1-6H3. The SMILES string of the molecule is CCOC(=O)C(C)(C)c1cc(NCc2cccc(-c3nccn3C)c2)n2nc(C)c(C)c2n1. The Kier molecular flexibility index (Phi) is 5.93. The maximum Gasteiger partial charge on any atom is 0.317 e. The highest BCUT2D eigenvalue weighted by Gasteiger charge is 2.34. The lowest BCUT2D eigenvalue weighted by atomic mass is 9.89. The number of nitrogens with one attached hydrogen (secondary N) is 1. The first-order valence-electron chi connectivity index (χ1n) is 11.1. The lowest BCUT2D eigenvalue weighted by molar-refractivity contribution is -0.148. The van der Waals surface area contributed by atoms with E-state index in [0.717, 1.165) is 39.7 Å². The van der Waals surface area contributed by atoms with Gasteiger partial charge in [-0.15, -0.1) is 0 Å². The Morgan fingerprint density at radius 2 is 2.00 bits per heavy atom. The molecule has 0 atom stereocenters. The molecule has 0 amide bonds. The molecular formula is C25H30N6O2. The molecule has 0 saturated carbocycles. The summed E-state index contributed by atoms with van der Waals surface area (Å²) in [5.74, 6) is 1.38. The molecule has 0 fully saturated rings. The molecule has 172 valence electrons. The van der Waals surface area contributed by atoms with Crippen LogP contribution in [0.5, 0.6) is 0 Å². The largest absolute Gasteiger partial charge is 0.465 e. The van der Waals surface area contributed by atoms with Crippen LogP contribution in [0.3, 0.4) is 0 Å². The number of rotatable bonds is 7. The topological polar surface area (TPSA) is 86.3 Å². The van der Waals surface area contributed by atoms with Gasteiger partial charge < -0.3 is 14.6 Å². The van der Waals surface area contributed by atoms with Gasteiger partial charge in [-0.2, -0.15) is 9.61 Å². The van der Waals surface area contributed by atoms with E-state index in [1.807, 2.05) is 57.6 Å². The lowest BCUT2D eigenvalue weighted by Crippen LogP contribution is -2.32. The van der Waals surface area contributed by atoms with E-state index in [-0.39, 0.29) is 5.97 Å². The van der Waals surface area contributed by atoms with Gasteiger partial charge in [0, 0.05) is 43.2 Å². The van der Waals surface area contributed by atoms with Gasteiger partial charge in [0.05, 0.1) is 18.0 Å². The van der Waals surface area contributed by atoms with Crippen LogP contribution < -0.4 is 5.32 Å². The number of aromatic nitrogens is 5. The first kappa shape index (κ1) is 22.5. The summed E-state index contributed by atoms with van der Waals surface area (Å²) in [6.45, 7) is 10.3. The number of ether oxygens (including phenoxy) is 1. The van der Waals surface area contributed by atoms with E-state index < -0.39 is 5.41 Å². The fraction of sp³-hybridized carbons (Fsp3) is 0.360. The number of hydrogen-bond acceptors (Lipinski definition) is 6. The van der Waals surface area contributed by atoms with Crippen molar-refractivity contribution in [2.24, 2.45) is 7.05 Å². The Morgan fingerprint density at radius 3 is 2.70 bits per heavy atom. The van der Waals surface area contributed by atoms with E-state index in [0.29, 0.717) is 18.8 Å². The molecule has 1 aromatic carbocycles. The van der Waals surface area contributed by atoms with Crippen LogP contribution in [-0.2, 0) is 28.5 Å². The predicted octanol–water partition coefficient (Wildman–Crippen LogP) is 4.20. The van der Waals surface area contributed by atoms with Crippen LogP contribution in [0.2, 0.25) is 0 Å². The van der Waals surface area contributed by atoms with Gasteiger partial charge in [-0.1, -0.05) is 18.2 Å². The summed E-state index contributed by atoms with van der Waals surface area (Å²) in [5, 5.41) is 8.16. The van der Waals surface area contributed by atoms with Gasteiger partial charge in [-0.25, -0.2) is 9.97 Å². The van der Waals surface area contributed by atoms with Crippen molar-refractivity contribution in [2.75, 3.05) is 11.9 Å². The molecule has 0 aliphatic rings. The van der Waals surface area contributed by atoms with Gasteiger partial charge in [0.25, 0.3) is 0 Å². The van der Waals surface area contributed by atoms with Crippen LogP contribution in [0, 0.1) is 13.8 Å². The van der Waals surface area contributed by atoms with Gasteiger partial charge in [0.15, 0.2) is 5.65 Å². The molecule has 3 aromatic heterocycles. The molecule has 4 rings (SSSR count). The summed E-state index contributed by atoms with van der Waals surface area (Å²) in [4.78, 5) is 21.9. The maximum atomic E-state index is 12.6. The molecule has 0 bridgehead atoms. The van der Waals surface area contributed by atoms with E-state index in [1.54, 1.807) is 17.6 Å². The fourth-order valence-corrected chi connectivity index (χ4v) is 3.75. The molecule has 8 nitrogen and oxygen atoms in total. The van der Waals surface area contributed by atoms with Crippen LogP contribution in [-0.4, -0.2) is 36.7 Å². The van der Waals surface area contributed by atoms with Crippen molar-refractivity contribution in [1.29, 1.82) is 0 Å². The number of carbonyl (C=O) groups excluding carboxylic acids is 1. The molecule has 8 heteroatoms. The van der Waals surface area contributed by atoms with Crippen molar-refractivity contribution in [2.45, 2.75) is 46.6 Å². The molecule has 0 aliphatic heterocycles. The minimum atomic E-state index is -0.892. The van der Waals surface area contributed by atoms with Gasteiger partial charge in [-0.3, -0.25) is 4.79 Å². The molecule has 4 aromatic rings. The average molecular weight is 447 g/mol. The molecule has 0 saturated heterocycles. The van der Waals surface area contributed by atoms with E-state index in [9.17, 15) is 4.79 Å².